The maximum absolute atomic E-state index is 2.36. The lowest BCUT2D eigenvalue weighted by atomic mass is 9.93. The number of nitrogens with zero attached hydrogens (tertiary/aromatic N) is 4. The SMILES string of the molecule is CN(C)c1ccc(C(=C/C=C2\CCC(/C=C/C(=C3C=CC(=[N+](C)C)C=C3)c3ccc(N(C)C)cc3)=C2c2ccccc2)c2ccc(N(C)C)cc2)cc1.[Cl-]. The second-order valence-electron chi connectivity index (χ2n) is 14.6. The lowest BCUT2D eigenvalue weighted by molar-refractivity contribution is -0.462. The zero-order valence-electron chi connectivity index (χ0n) is 33.0. The summed E-state index contributed by atoms with van der Waals surface area (Å²) >= 11 is 0. The zero-order chi connectivity index (χ0) is 37.5. The average molecular weight is 733 g/mol. The number of hydrogen-bond acceptors (Lipinski definition) is 3. The standard InChI is InChI=1S/C49H53N4.ClH/c1-50(2)43-26-16-36(17-27-43)47(37-18-28-44(29-19-37)51(3)4)34-24-41-14-15-42(49(41)40-12-10-9-11-13-40)25-35-48(38-20-30-45(31-21-38)52(5)6)39-22-32-46(33-23-39)53(7)8;/h9-13,16-35H,14-15H2,1-8H3;1H/q+1;/p-1. The van der Waals surface area contributed by atoms with Crippen molar-refractivity contribution in [2.24, 2.45) is 0 Å². The molecule has 54 heavy (non-hydrogen) atoms. The van der Waals surface area contributed by atoms with E-state index in [9.17, 15) is 0 Å². The van der Waals surface area contributed by atoms with Gasteiger partial charge in [0.1, 0.15) is 14.1 Å². The molecule has 4 aromatic carbocycles. The van der Waals surface area contributed by atoms with Gasteiger partial charge in [0.25, 0.3) is 0 Å². The summed E-state index contributed by atoms with van der Waals surface area (Å²) in [5.74, 6) is 0. The number of benzene rings is 4. The van der Waals surface area contributed by atoms with Gasteiger partial charge in [-0.3, -0.25) is 0 Å². The Hall–Kier alpha value is -5.58. The van der Waals surface area contributed by atoms with Gasteiger partial charge in [-0.15, -0.1) is 0 Å². The van der Waals surface area contributed by atoms with Gasteiger partial charge in [-0.2, -0.15) is 0 Å². The van der Waals surface area contributed by atoms with Crippen LogP contribution < -0.4 is 27.1 Å². The van der Waals surface area contributed by atoms with Crippen molar-refractivity contribution in [3.05, 3.63) is 191 Å². The Kier molecular flexibility index (Phi) is 13.2. The van der Waals surface area contributed by atoms with Crippen molar-refractivity contribution in [2.45, 2.75) is 12.8 Å². The van der Waals surface area contributed by atoms with Crippen LogP contribution in [0.15, 0.2) is 168 Å². The number of allylic oxidation sites excluding steroid dienone is 13. The Morgan fingerprint density at radius 2 is 1.06 bits per heavy atom. The summed E-state index contributed by atoms with van der Waals surface area (Å²) in [6.07, 6.45) is 20.2. The topological polar surface area (TPSA) is 12.7 Å². The molecule has 0 unspecified atom stereocenters. The Balaban J connectivity index is 0.00000561. The number of halogens is 1. The molecule has 4 nitrogen and oxygen atoms in total. The van der Waals surface area contributed by atoms with Gasteiger partial charge < -0.3 is 27.1 Å². The first-order chi connectivity index (χ1) is 25.6. The highest BCUT2D eigenvalue weighted by Crippen LogP contribution is 2.40. The van der Waals surface area contributed by atoms with Crippen molar-refractivity contribution < 1.29 is 17.0 Å². The van der Waals surface area contributed by atoms with Gasteiger partial charge in [-0.05, 0) is 117 Å². The van der Waals surface area contributed by atoms with E-state index in [0.29, 0.717) is 0 Å². The molecule has 0 saturated heterocycles. The molecule has 4 aromatic rings. The molecule has 0 heterocycles. The van der Waals surface area contributed by atoms with Crippen molar-refractivity contribution in [3.63, 3.8) is 0 Å². The van der Waals surface area contributed by atoms with Crippen molar-refractivity contribution in [2.75, 3.05) is 71.1 Å². The summed E-state index contributed by atoms with van der Waals surface area (Å²) in [4.78, 5) is 6.43. The molecule has 0 aromatic heterocycles. The van der Waals surface area contributed by atoms with E-state index in [0.717, 1.165) is 12.8 Å². The smallest absolute Gasteiger partial charge is 0.199 e. The normalized spacial score (nSPS) is 14.4. The van der Waals surface area contributed by atoms with Crippen LogP contribution in [0.25, 0.3) is 16.7 Å². The highest BCUT2D eigenvalue weighted by molar-refractivity contribution is 6.03. The first kappa shape index (κ1) is 39.6. The van der Waals surface area contributed by atoms with Crippen LogP contribution in [0.5, 0.6) is 0 Å². The third-order valence-corrected chi connectivity index (χ3v) is 10.0. The second kappa shape index (κ2) is 18.0. The van der Waals surface area contributed by atoms with Crippen LogP contribution in [0.3, 0.4) is 0 Å². The lowest BCUT2D eigenvalue weighted by Gasteiger charge is -2.16. The summed E-state index contributed by atoms with van der Waals surface area (Å²) in [6, 6.07) is 37.6. The molecule has 6 rings (SSSR count). The molecule has 0 atom stereocenters. The summed E-state index contributed by atoms with van der Waals surface area (Å²) in [5.41, 5.74) is 17.3. The zero-order valence-corrected chi connectivity index (χ0v) is 33.8. The molecule has 276 valence electrons. The van der Waals surface area contributed by atoms with E-state index < -0.39 is 0 Å². The molecule has 0 N–H and O–H groups in total. The predicted molar refractivity (Wildman–Crippen MR) is 232 cm³/mol. The fraction of sp³-hybridized carbons (Fsp3) is 0.204. The van der Waals surface area contributed by atoms with Gasteiger partial charge in [0, 0.05) is 71.5 Å². The largest absolute Gasteiger partial charge is 1.00 e. The molecule has 0 spiro atoms. The molecular weight excluding hydrogens is 680 g/mol. The van der Waals surface area contributed by atoms with Crippen LogP contribution in [-0.4, -0.2) is 66.7 Å². The first-order valence-corrected chi connectivity index (χ1v) is 18.4. The van der Waals surface area contributed by atoms with Gasteiger partial charge in [0.05, 0.1) is 0 Å². The van der Waals surface area contributed by atoms with E-state index in [4.69, 9.17) is 0 Å². The van der Waals surface area contributed by atoms with Crippen molar-refractivity contribution in [1.29, 1.82) is 0 Å². The maximum Gasteiger partial charge on any atom is 0.199 e. The molecule has 0 amide bonds. The number of rotatable bonds is 10. The van der Waals surface area contributed by atoms with Crippen molar-refractivity contribution >= 4 is 39.5 Å². The predicted octanol–water partition coefficient (Wildman–Crippen LogP) is 7.34. The molecule has 2 aliphatic carbocycles. The summed E-state index contributed by atoms with van der Waals surface area (Å²) < 4.78 is 2.14. The first-order valence-electron chi connectivity index (χ1n) is 18.4. The molecule has 0 bridgehead atoms. The molecule has 2 aliphatic rings. The van der Waals surface area contributed by atoms with Crippen LogP contribution in [-0.2, 0) is 0 Å². The third kappa shape index (κ3) is 9.31. The van der Waals surface area contributed by atoms with Gasteiger partial charge in [-0.25, -0.2) is 4.58 Å². The minimum absolute atomic E-state index is 0. The highest BCUT2D eigenvalue weighted by Gasteiger charge is 2.20. The Morgan fingerprint density at radius 3 is 1.52 bits per heavy atom. The van der Waals surface area contributed by atoms with Gasteiger partial charge in [-0.1, -0.05) is 91.0 Å². The second-order valence-corrected chi connectivity index (χ2v) is 14.6. The molecule has 0 aliphatic heterocycles. The maximum atomic E-state index is 2.36. The van der Waals surface area contributed by atoms with Crippen LogP contribution in [0.4, 0.5) is 17.1 Å². The fourth-order valence-electron chi connectivity index (χ4n) is 6.88. The summed E-state index contributed by atoms with van der Waals surface area (Å²) in [5, 5.41) is 0. The van der Waals surface area contributed by atoms with Crippen molar-refractivity contribution in [3.8, 4) is 0 Å². The lowest BCUT2D eigenvalue weighted by Crippen LogP contribution is -3.00. The van der Waals surface area contributed by atoms with Crippen molar-refractivity contribution in [1.82, 2.24) is 0 Å². The van der Waals surface area contributed by atoms with E-state index >= 15 is 0 Å². The molecule has 0 saturated carbocycles. The van der Waals surface area contributed by atoms with Crippen LogP contribution in [0, 0.1) is 0 Å². The minimum Gasteiger partial charge on any atom is -1.00 e. The summed E-state index contributed by atoms with van der Waals surface area (Å²) in [6.45, 7) is 0. The van der Waals surface area contributed by atoms with Gasteiger partial charge in [0.15, 0.2) is 5.71 Å². The highest BCUT2D eigenvalue weighted by atomic mass is 35.5. The van der Waals surface area contributed by atoms with Gasteiger partial charge >= 0.3 is 0 Å². The van der Waals surface area contributed by atoms with E-state index in [1.54, 1.807) is 0 Å². The van der Waals surface area contributed by atoms with Crippen LogP contribution in [0.1, 0.15) is 35.1 Å². The molecule has 0 radical (unpaired) electrons. The Bertz CT molecular complexity index is 2090. The number of hydrogen-bond donors (Lipinski definition) is 0. The molecular formula is C49H53ClN4. The van der Waals surface area contributed by atoms with E-state index in [-0.39, 0.29) is 12.4 Å². The van der Waals surface area contributed by atoms with E-state index in [1.165, 1.54) is 78.5 Å². The number of anilines is 3. The monoisotopic (exact) mass is 732 g/mol. The van der Waals surface area contributed by atoms with Crippen LogP contribution >= 0.6 is 0 Å². The van der Waals surface area contributed by atoms with Gasteiger partial charge in [0.2, 0.25) is 0 Å². The fourth-order valence-corrected chi connectivity index (χ4v) is 6.88. The van der Waals surface area contributed by atoms with Crippen LogP contribution in [0.2, 0.25) is 0 Å². The quantitative estimate of drug-likeness (QED) is 0.159. The average Bonchev–Trinajstić information content (AvgIpc) is 3.58. The third-order valence-electron chi connectivity index (χ3n) is 10.0. The summed E-state index contributed by atoms with van der Waals surface area (Å²) in [7, 11) is 16.7. The Morgan fingerprint density at radius 1 is 0.574 bits per heavy atom. The molecule has 5 heteroatoms. The van der Waals surface area contributed by atoms with E-state index in [1.807, 2.05) is 0 Å². The van der Waals surface area contributed by atoms with E-state index in [2.05, 4.69) is 227 Å². The Labute approximate surface area is 329 Å². The minimum atomic E-state index is 0. The molecule has 0 fully saturated rings.